The van der Waals surface area contributed by atoms with Gasteiger partial charge in [0.2, 0.25) is 5.91 Å². The molecule has 0 atom stereocenters. The second-order valence-electron chi connectivity index (χ2n) is 5.21. The summed E-state index contributed by atoms with van der Waals surface area (Å²) in [6.45, 7) is 2.55. The molecule has 0 fully saturated rings. The first-order valence-electron chi connectivity index (χ1n) is 7.63. The van der Waals surface area contributed by atoms with Crippen molar-refractivity contribution in [1.29, 1.82) is 0 Å². The molecule has 0 unspecified atom stereocenters. The molecule has 1 amide bonds. The van der Waals surface area contributed by atoms with Crippen LogP contribution in [0, 0.1) is 0 Å². The number of nitrogens with two attached hydrogens (primary N) is 1. The van der Waals surface area contributed by atoms with E-state index in [1.807, 2.05) is 23.1 Å². The van der Waals surface area contributed by atoms with Crippen molar-refractivity contribution in [3.8, 4) is 0 Å². The summed E-state index contributed by atoms with van der Waals surface area (Å²) in [4.78, 5) is 18.3. The van der Waals surface area contributed by atoms with Crippen LogP contribution in [0.3, 0.4) is 0 Å². The minimum atomic E-state index is 0. The smallest absolute Gasteiger partial charge is 0.227 e. The van der Waals surface area contributed by atoms with E-state index in [0.717, 1.165) is 18.7 Å². The van der Waals surface area contributed by atoms with Gasteiger partial charge < -0.3 is 20.7 Å². The molecular formula is C16H25IN4O2. The highest BCUT2D eigenvalue weighted by Gasteiger charge is 2.23. The average Bonchev–Trinajstić information content (AvgIpc) is 2.96. The summed E-state index contributed by atoms with van der Waals surface area (Å²) in [7, 11) is 1.64. The van der Waals surface area contributed by atoms with Crippen LogP contribution >= 0.6 is 24.0 Å². The number of ether oxygens (including phenoxy) is 1. The van der Waals surface area contributed by atoms with Gasteiger partial charge >= 0.3 is 0 Å². The number of anilines is 1. The van der Waals surface area contributed by atoms with Crippen molar-refractivity contribution in [3.05, 3.63) is 29.8 Å². The number of fused-ring (bicyclic) bond motifs is 1. The molecule has 0 aromatic heterocycles. The van der Waals surface area contributed by atoms with Crippen molar-refractivity contribution in [2.75, 3.05) is 38.3 Å². The fraction of sp³-hybridized carbons (Fsp3) is 0.500. The van der Waals surface area contributed by atoms with E-state index in [1.165, 1.54) is 5.56 Å². The molecule has 0 radical (unpaired) electrons. The van der Waals surface area contributed by atoms with Gasteiger partial charge in [-0.05, 0) is 24.5 Å². The summed E-state index contributed by atoms with van der Waals surface area (Å²) in [5.74, 6) is 0.557. The normalized spacial score (nSPS) is 13.4. The molecule has 1 heterocycles. The number of halogens is 1. The molecule has 23 heavy (non-hydrogen) atoms. The van der Waals surface area contributed by atoms with Crippen LogP contribution in [0.5, 0.6) is 0 Å². The molecule has 1 aromatic carbocycles. The Hall–Kier alpha value is -1.35. The molecule has 0 saturated heterocycles. The maximum atomic E-state index is 12.3. The molecule has 2 rings (SSSR count). The van der Waals surface area contributed by atoms with Crippen LogP contribution in [0.15, 0.2) is 29.3 Å². The van der Waals surface area contributed by atoms with Crippen LogP contribution in [0.25, 0.3) is 0 Å². The number of carbonyl (C=O) groups excluding carboxylic acids is 1. The standard InChI is InChI=1S/C16H24N4O2.HI/c1-22-12-10-19-16(17)18-9-4-7-15(21)20-11-8-13-5-2-3-6-14(13)20;/h2-3,5-6H,4,7-12H2,1H3,(H3,17,18,19);1H. The molecule has 0 spiro atoms. The number of nitrogens with one attached hydrogen (secondary N) is 1. The molecule has 128 valence electrons. The summed E-state index contributed by atoms with van der Waals surface area (Å²) in [6.07, 6.45) is 2.13. The fourth-order valence-electron chi connectivity index (χ4n) is 2.50. The van der Waals surface area contributed by atoms with E-state index in [9.17, 15) is 4.79 Å². The van der Waals surface area contributed by atoms with Gasteiger partial charge in [0.05, 0.1) is 6.61 Å². The van der Waals surface area contributed by atoms with Gasteiger partial charge in [-0.3, -0.25) is 9.79 Å². The zero-order valence-electron chi connectivity index (χ0n) is 13.5. The molecule has 0 saturated carbocycles. The largest absolute Gasteiger partial charge is 0.383 e. The highest BCUT2D eigenvalue weighted by atomic mass is 127. The Morgan fingerprint density at radius 2 is 2.22 bits per heavy atom. The number of benzene rings is 1. The number of hydrogen-bond acceptors (Lipinski definition) is 3. The monoisotopic (exact) mass is 432 g/mol. The molecule has 0 aliphatic carbocycles. The van der Waals surface area contributed by atoms with Crippen molar-refractivity contribution in [1.82, 2.24) is 5.32 Å². The van der Waals surface area contributed by atoms with Crippen LogP contribution in [0.4, 0.5) is 5.69 Å². The molecule has 7 heteroatoms. The number of hydrogen-bond donors (Lipinski definition) is 2. The Kier molecular flexibility index (Phi) is 8.93. The number of aliphatic imine (C=N–C) groups is 1. The van der Waals surface area contributed by atoms with Gasteiger partial charge in [-0.1, -0.05) is 18.2 Å². The second-order valence-corrected chi connectivity index (χ2v) is 5.21. The number of rotatable bonds is 7. The summed E-state index contributed by atoms with van der Waals surface area (Å²) >= 11 is 0. The molecule has 1 aromatic rings. The summed E-state index contributed by atoms with van der Waals surface area (Å²) < 4.78 is 4.91. The number of para-hydroxylation sites is 1. The minimum Gasteiger partial charge on any atom is -0.383 e. The first-order valence-corrected chi connectivity index (χ1v) is 7.63. The third-order valence-corrected chi connectivity index (χ3v) is 3.63. The zero-order valence-corrected chi connectivity index (χ0v) is 15.8. The van der Waals surface area contributed by atoms with Crippen LogP contribution in [-0.4, -0.2) is 45.2 Å². The van der Waals surface area contributed by atoms with Gasteiger partial charge in [-0.25, -0.2) is 0 Å². The van der Waals surface area contributed by atoms with E-state index in [0.29, 0.717) is 38.5 Å². The van der Waals surface area contributed by atoms with Crippen LogP contribution < -0.4 is 16.0 Å². The maximum Gasteiger partial charge on any atom is 0.227 e. The number of guanidine groups is 1. The lowest BCUT2D eigenvalue weighted by Gasteiger charge is -2.16. The third-order valence-electron chi connectivity index (χ3n) is 3.63. The fourth-order valence-corrected chi connectivity index (χ4v) is 2.50. The topological polar surface area (TPSA) is 80.0 Å². The maximum absolute atomic E-state index is 12.3. The number of methoxy groups -OCH3 is 1. The highest BCUT2D eigenvalue weighted by Crippen LogP contribution is 2.27. The lowest BCUT2D eigenvalue weighted by Crippen LogP contribution is -2.34. The minimum absolute atomic E-state index is 0. The SMILES string of the molecule is COCCNC(N)=NCCCC(=O)N1CCc2ccccc21.I. The van der Waals surface area contributed by atoms with Crippen molar-refractivity contribution < 1.29 is 9.53 Å². The van der Waals surface area contributed by atoms with Gasteiger partial charge in [0.25, 0.3) is 0 Å². The molecular weight excluding hydrogens is 407 g/mol. The van der Waals surface area contributed by atoms with Gasteiger partial charge in [-0.2, -0.15) is 0 Å². The summed E-state index contributed by atoms with van der Waals surface area (Å²) in [5.41, 5.74) is 8.01. The van der Waals surface area contributed by atoms with Crippen molar-refractivity contribution >= 4 is 41.5 Å². The summed E-state index contributed by atoms with van der Waals surface area (Å²) in [5, 5.41) is 2.95. The number of carbonyl (C=O) groups is 1. The highest BCUT2D eigenvalue weighted by molar-refractivity contribution is 14.0. The predicted molar refractivity (Wildman–Crippen MR) is 104 cm³/mol. The second kappa shape index (κ2) is 10.4. The van der Waals surface area contributed by atoms with Crippen molar-refractivity contribution in [2.24, 2.45) is 10.7 Å². The van der Waals surface area contributed by atoms with Crippen LogP contribution in [-0.2, 0) is 16.0 Å². The van der Waals surface area contributed by atoms with Gasteiger partial charge in [-0.15, -0.1) is 24.0 Å². The van der Waals surface area contributed by atoms with Gasteiger partial charge in [0.1, 0.15) is 0 Å². The first-order chi connectivity index (χ1) is 10.7. The molecule has 1 aliphatic rings. The molecule has 3 N–H and O–H groups in total. The Bertz CT molecular complexity index is 537. The number of amides is 1. The Morgan fingerprint density at radius 1 is 1.43 bits per heavy atom. The first kappa shape index (κ1) is 19.7. The number of nitrogens with zero attached hydrogens (tertiary/aromatic N) is 2. The van der Waals surface area contributed by atoms with E-state index in [2.05, 4.69) is 16.4 Å². The summed E-state index contributed by atoms with van der Waals surface area (Å²) in [6, 6.07) is 8.08. The van der Waals surface area contributed by atoms with Gasteiger partial charge in [0.15, 0.2) is 5.96 Å². The predicted octanol–water partition coefficient (Wildman–Crippen LogP) is 1.52. The molecule has 1 aliphatic heterocycles. The van der Waals surface area contributed by atoms with Crippen molar-refractivity contribution in [3.63, 3.8) is 0 Å². The molecule has 6 nitrogen and oxygen atoms in total. The molecule has 0 bridgehead atoms. The van der Waals surface area contributed by atoms with E-state index >= 15 is 0 Å². The van der Waals surface area contributed by atoms with Crippen LogP contribution in [0.1, 0.15) is 18.4 Å². The van der Waals surface area contributed by atoms with E-state index in [-0.39, 0.29) is 29.9 Å². The van der Waals surface area contributed by atoms with Crippen LogP contribution in [0.2, 0.25) is 0 Å². The quantitative estimate of drug-likeness (QED) is 0.297. The average molecular weight is 432 g/mol. The van der Waals surface area contributed by atoms with Gasteiger partial charge in [0, 0.05) is 38.9 Å². The van der Waals surface area contributed by atoms with E-state index in [1.54, 1.807) is 7.11 Å². The lowest BCUT2D eigenvalue weighted by molar-refractivity contribution is -0.118. The Morgan fingerprint density at radius 3 is 3.00 bits per heavy atom. The Labute approximate surface area is 154 Å². The van der Waals surface area contributed by atoms with E-state index in [4.69, 9.17) is 10.5 Å². The third kappa shape index (κ3) is 5.98. The zero-order chi connectivity index (χ0) is 15.8. The van der Waals surface area contributed by atoms with Crippen molar-refractivity contribution in [2.45, 2.75) is 19.3 Å². The van der Waals surface area contributed by atoms with E-state index < -0.39 is 0 Å². The lowest BCUT2D eigenvalue weighted by atomic mass is 10.2. The Balaban J connectivity index is 0.00000264.